The first-order valence-corrected chi connectivity index (χ1v) is 11.5. The number of alkyl halides is 2. The Morgan fingerprint density at radius 1 is 0.909 bits per heavy atom. The van der Waals surface area contributed by atoms with E-state index in [-0.39, 0.29) is 40.0 Å². The van der Waals surface area contributed by atoms with E-state index in [4.69, 9.17) is 27.9 Å². The fourth-order valence-corrected chi connectivity index (χ4v) is 6.18. The van der Waals surface area contributed by atoms with E-state index in [2.05, 4.69) is 5.32 Å². The van der Waals surface area contributed by atoms with Gasteiger partial charge in [0.1, 0.15) is 0 Å². The van der Waals surface area contributed by atoms with E-state index in [1.807, 2.05) is 6.07 Å². The van der Waals surface area contributed by atoms with Crippen molar-refractivity contribution < 1.29 is 23.9 Å². The summed E-state index contributed by atoms with van der Waals surface area (Å²) < 4.78 is 5.06. The topological polar surface area (TPSA) is 92.8 Å². The summed E-state index contributed by atoms with van der Waals surface area (Å²) >= 11 is 12.8. The third-order valence-electron chi connectivity index (χ3n) is 6.74. The van der Waals surface area contributed by atoms with Crippen LogP contribution in [0, 0.1) is 23.7 Å². The molecule has 2 bridgehead atoms. The molecular formula is C24H20Cl2N2O5. The van der Waals surface area contributed by atoms with Gasteiger partial charge in [0.05, 0.1) is 33.8 Å². The molecule has 0 spiro atoms. The number of amides is 3. The van der Waals surface area contributed by atoms with Crippen LogP contribution in [0.4, 0.5) is 11.4 Å². The first kappa shape index (κ1) is 21.9. The number of ether oxygens (including phenoxy) is 1. The van der Waals surface area contributed by atoms with Crippen LogP contribution in [0.2, 0.25) is 0 Å². The molecule has 1 heterocycles. The van der Waals surface area contributed by atoms with E-state index in [1.165, 1.54) is 29.2 Å². The fourth-order valence-electron chi connectivity index (χ4n) is 5.28. The largest absolute Gasteiger partial charge is 0.452 e. The molecule has 0 aromatic heterocycles. The number of rotatable bonds is 5. The zero-order valence-electron chi connectivity index (χ0n) is 17.3. The van der Waals surface area contributed by atoms with Gasteiger partial charge in [-0.05, 0) is 54.7 Å². The van der Waals surface area contributed by atoms with Gasteiger partial charge in [0.15, 0.2) is 6.61 Å². The van der Waals surface area contributed by atoms with Crippen molar-refractivity contribution in [1.82, 2.24) is 0 Å². The molecule has 2 aromatic carbocycles. The van der Waals surface area contributed by atoms with Gasteiger partial charge in [-0.15, -0.1) is 23.2 Å². The van der Waals surface area contributed by atoms with Crippen molar-refractivity contribution in [3.63, 3.8) is 0 Å². The molecule has 33 heavy (non-hydrogen) atoms. The highest BCUT2D eigenvalue weighted by Crippen LogP contribution is 2.59. The maximum atomic E-state index is 13.1. The molecule has 1 saturated heterocycles. The number of esters is 1. The average Bonchev–Trinajstić information content (AvgIpc) is 3.43. The standard InChI is InChI=1S/C24H20Cl2N2O5/c25-20-15-10-16(21(20)26)19-18(15)22(30)28(23(19)31)14-8-6-12(7-9-14)24(32)33-11-17(29)27-13-4-2-1-3-5-13/h1-9,15-16,18-21H,10-11H2,(H,27,29)/t15-,16-,18-,19-,20+,21+/m1/s1. The number of hydrogen-bond acceptors (Lipinski definition) is 5. The Morgan fingerprint density at radius 3 is 2.06 bits per heavy atom. The molecule has 0 radical (unpaired) electrons. The number of fused-ring (bicyclic) bond motifs is 5. The number of carbonyl (C=O) groups is 4. The van der Waals surface area contributed by atoms with Crippen molar-refractivity contribution in [3.05, 3.63) is 60.2 Å². The monoisotopic (exact) mass is 486 g/mol. The molecular weight excluding hydrogens is 467 g/mol. The highest BCUT2D eigenvalue weighted by atomic mass is 35.5. The lowest BCUT2D eigenvalue weighted by molar-refractivity contribution is -0.123. The number of nitrogens with one attached hydrogen (secondary N) is 1. The van der Waals surface area contributed by atoms with Gasteiger partial charge in [-0.3, -0.25) is 19.3 Å². The number of imide groups is 1. The number of hydrogen-bond donors (Lipinski definition) is 1. The Kier molecular flexibility index (Phi) is 5.62. The summed E-state index contributed by atoms with van der Waals surface area (Å²) in [5, 5.41) is 2.00. The minimum absolute atomic E-state index is 0.0955. The maximum absolute atomic E-state index is 13.1. The second-order valence-electron chi connectivity index (χ2n) is 8.55. The van der Waals surface area contributed by atoms with Crippen LogP contribution in [0.25, 0.3) is 0 Å². The van der Waals surface area contributed by atoms with Crippen LogP contribution in [0.1, 0.15) is 16.8 Å². The van der Waals surface area contributed by atoms with E-state index in [0.717, 1.165) is 0 Å². The lowest BCUT2D eigenvalue weighted by Crippen LogP contribution is -2.37. The van der Waals surface area contributed by atoms with E-state index in [9.17, 15) is 19.2 Å². The Labute approximate surface area is 200 Å². The normalized spacial score (nSPS) is 29.8. The zero-order chi connectivity index (χ0) is 23.3. The molecule has 3 aliphatic rings. The molecule has 2 saturated carbocycles. The van der Waals surface area contributed by atoms with Crippen LogP contribution in [0.3, 0.4) is 0 Å². The quantitative estimate of drug-likeness (QED) is 0.396. The van der Waals surface area contributed by atoms with E-state index >= 15 is 0 Å². The molecule has 3 fully saturated rings. The summed E-state index contributed by atoms with van der Waals surface area (Å²) in [6.45, 7) is -0.441. The molecule has 1 aliphatic heterocycles. The van der Waals surface area contributed by atoms with Gasteiger partial charge in [0.25, 0.3) is 5.91 Å². The highest BCUT2D eigenvalue weighted by molar-refractivity contribution is 6.32. The average molecular weight is 487 g/mol. The van der Waals surface area contributed by atoms with Gasteiger partial charge < -0.3 is 10.1 Å². The Morgan fingerprint density at radius 2 is 1.48 bits per heavy atom. The minimum atomic E-state index is -0.686. The predicted molar refractivity (Wildman–Crippen MR) is 122 cm³/mol. The molecule has 0 unspecified atom stereocenters. The van der Waals surface area contributed by atoms with Crippen molar-refractivity contribution in [2.24, 2.45) is 23.7 Å². The number of nitrogens with zero attached hydrogens (tertiary/aromatic N) is 1. The highest BCUT2D eigenvalue weighted by Gasteiger charge is 2.66. The fraction of sp³-hybridized carbons (Fsp3) is 0.333. The third-order valence-corrected chi connectivity index (χ3v) is 8.06. The van der Waals surface area contributed by atoms with Crippen LogP contribution in [-0.4, -0.2) is 41.1 Å². The number of benzene rings is 2. The van der Waals surface area contributed by atoms with Crippen molar-refractivity contribution in [2.45, 2.75) is 17.2 Å². The zero-order valence-corrected chi connectivity index (χ0v) is 18.8. The van der Waals surface area contributed by atoms with E-state index in [0.29, 0.717) is 17.8 Å². The van der Waals surface area contributed by atoms with Crippen LogP contribution in [0.15, 0.2) is 54.6 Å². The summed E-state index contributed by atoms with van der Waals surface area (Å²) in [6.07, 6.45) is 0.700. The number of para-hydroxylation sites is 1. The van der Waals surface area contributed by atoms with Gasteiger partial charge in [-0.1, -0.05) is 18.2 Å². The smallest absolute Gasteiger partial charge is 0.338 e. The van der Waals surface area contributed by atoms with Gasteiger partial charge in [-0.2, -0.15) is 0 Å². The summed E-state index contributed by atoms with van der Waals surface area (Å²) in [7, 11) is 0. The molecule has 7 nitrogen and oxygen atoms in total. The summed E-state index contributed by atoms with van der Waals surface area (Å²) in [5.41, 5.74) is 1.18. The van der Waals surface area contributed by atoms with Crippen LogP contribution >= 0.6 is 23.2 Å². The van der Waals surface area contributed by atoms with Gasteiger partial charge in [0.2, 0.25) is 11.8 Å². The van der Waals surface area contributed by atoms with Crippen molar-refractivity contribution in [1.29, 1.82) is 0 Å². The maximum Gasteiger partial charge on any atom is 0.338 e. The van der Waals surface area contributed by atoms with Gasteiger partial charge in [0, 0.05) is 5.69 Å². The molecule has 5 rings (SSSR count). The van der Waals surface area contributed by atoms with Crippen molar-refractivity contribution >= 4 is 58.3 Å². The van der Waals surface area contributed by atoms with Crippen LogP contribution < -0.4 is 10.2 Å². The van der Waals surface area contributed by atoms with Gasteiger partial charge in [-0.25, -0.2) is 4.79 Å². The van der Waals surface area contributed by atoms with Crippen LogP contribution in [-0.2, 0) is 19.1 Å². The lowest BCUT2D eigenvalue weighted by atomic mass is 9.80. The molecule has 2 aliphatic carbocycles. The van der Waals surface area contributed by atoms with Crippen molar-refractivity contribution in [3.8, 4) is 0 Å². The second-order valence-corrected chi connectivity index (χ2v) is 9.56. The Balaban J connectivity index is 1.23. The number of anilines is 2. The predicted octanol–water partition coefficient (Wildman–Crippen LogP) is 3.45. The SMILES string of the molecule is O=C(COC(=O)c1ccc(N2C(=O)[C@@H]3[C@H]4C[C@@H]([C@H](Cl)[C@H]4Cl)[C@H]3C2=O)cc1)Nc1ccccc1. The van der Waals surface area contributed by atoms with E-state index in [1.54, 1.807) is 24.3 Å². The lowest BCUT2D eigenvalue weighted by Gasteiger charge is -2.28. The van der Waals surface area contributed by atoms with Gasteiger partial charge >= 0.3 is 5.97 Å². The molecule has 2 aromatic rings. The third kappa shape index (κ3) is 3.69. The van der Waals surface area contributed by atoms with E-state index < -0.39 is 30.3 Å². The first-order valence-electron chi connectivity index (χ1n) is 10.6. The molecule has 9 heteroatoms. The molecule has 6 atom stereocenters. The summed E-state index contributed by atoms with van der Waals surface area (Å²) in [5.74, 6) is -2.74. The number of halogens is 2. The minimum Gasteiger partial charge on any atom is -0.452 e. The first-order chi connectivity index (χ1) is 15.9. The second kappa shape index (κ2) is 8.47. The van der Waals surface area contributed by atoms with Crippen LogP contribution in [0.5, 0.6) is 0 Å². The summed E-state index contributed by atoms with van der Waals surface area (Å²) in [6, 6.07) is 14.8. The molecule has 1 N–H and O–H groups in total. The number of carbonyl (C=O) groups excluding carboxylic acids is 4. The molecule has 170 valence electrons. The Hall–Kier alpha value is -2.90. The Bertz CT molecular complexity index is 1090. The summed E-state index contributed by atoms with van der Waals surface area (Å²) in [4.78, 5) is 51.6. The van der Waals surface area contributed by atoms with Crippen molar-refractivity contribution in [2.75, 3.05) is 16.8 Å². The molecule has 3 amide bonds.